The molecule has 80 valence electrons. The predicted octanol–water partition coefficient (Wildman–Crippen LogP) is 2.05. The number of anilines is 1. The van der Waals surface area contributed by atoms with Crippen molar-refractivity contribution in [2.24, 2.45) is 0 Å². The van der Waals surface area contributed by atoms with Gasteiger partial charge in [-0.25, -0.2) is 4.39 Å². The molecule has 0 saturated heterocycles. The highest BCUT2D eigenvalue weighted by atomic mass is 19.1. The Kier molecular flexibility index (Phi) is 3.85. The number of carboxylic acids is 1. The average molecular weight is 209 g/mol. The zero-order valence-corrected chi connectivity index (χ0v) is 8.16. The third-order valence-electron chi connectivity index (χ3n) is 1.88. The predicted molar refractivity (Wildman–Crippen MR) is 56.4 cm³/mol. The molecule has 0 spiro atoms. The van der Waals surface area contributed by atoms with Crippen LogP contribution in [0.25, 0.3) is 0 Å². The summed E-state index contributed by atoms with van der Waals surface area (Å²) in [5.41, 5.74) is 0.671. The van der Waals surface area contributed by atoms with Crippen LogP contribution in [0, 0.1) is 5.82 Å². The molecule has 3 nitrogen and oxygen atoms in total. The van der Waals surface area contributed by atoms with Crippen molar-refractivity contribution in [3.8, 4) is 0 Å². The van der Waals surface area contributed by atoms with Crippen molar-refractivity contribution >= 4 is 11.7 Å². The summed E-state index contributed by atoms with van der Waals surface area (Å²) in [6.45, 7) is 3.98. The van der Waals surface area contributed by atoms with Gasteiger partial charge in [-0.2, -0.15) is 0 Å². The summed E-state index contributed by atoms with van der Waals surface area (Å²) in [5, 5.41) is 11.5. The van der Waals surface area contributed by atoms with Crippen LogP contribution in [0.5, 0.6) is 0 Å². The Morgan fingerprint density at radius 2 is 2.33 bits per heavy atom. The largest absolute Gasteiger partial charge is 0.481 e. The van der Waals surface area contributed by atoms with E-state index in [1.807, 2.05) is 0 Å². The first-order valence-electron chi connectivity index (χ1n) is 4.49. The van der Waals surface area contributed by atoms with Crippen molar-refractivity contribution in [3.63, 3.8) is 0 Å². The number of aliphatic carboxylic acids is 1. The molecule has 0 aliphatic carbocycles. The first kappa shape index (κ1) is 11.2. The van der Waals surface area contributed by atoms with Crippen molar-refractivity contribution in [3.05, 3.63) is 42.2 Å². The van der Waals surface area contributed by atoms with Gasteiger partial charge in [-0.15, -0.1) is 6.58 Å². The maximum Gasteiger partial charge on any atom is 0.308 e. The lowest BCUT2D eigenvalue weighted by Gasteiger charge is -2.09. The topological polar surface area (TPSA) is 49.3 Å². The van der Waals surface area contributed by atoms with E-state index in [0.29, 0.717) is 12.2 Å². The molecule has 0 aromatic heterocycles. The Morgan fingerprint density at radius 1 is 1.60 bits per heavy atom. The lowest BCUT2D eigenvalue weighted by molar-refractivity contribution is -0.136. The molecule has 0 aliphatic heterocycles. The molecule has 0 heterocycles. The van der Waals surface area contributed by atoms with Crippen molar-refractivity contribution in [2.75, 3.05) is 11.9 Å². The van der Waals surface area contributed by atoms with Crippen LogP contribution in [-0.2, 0) is 11.2 Å². The number of hydrogen-bond donors (Lipinski definition) is 2. The first-order chi connectivity index (χ1) is 7.15. The Morgan fingerprint density at radius 3 is 2.93 bits per heavy atom. The van der Waals surface area contributed by atoms with E-state index in [9.17, 15) is 9.18 Å². The van der Waals surface area contributed by atoms with Gasteiger partial charge in [-0.05, 0) is 12.1 Å². The monoisotopic (exact) mass is 209 g/mol. The van der Waals surface area contributed by atoms with Crippen LogP contribution in [-0.4, -0.2) is 17.6 Å². The molecule has 0 unspecified atom stereocenters. The maximum absolute atomic E-state index is 13.3. The third kappa shape index (κ3) is 3.09. The van der Waals surface area contributed by atoms with Gasteiger partial charge in [-0.1, -0.05) is 12.1 Å². The van der Waals surface area contributed by atoms with Crippen LogP contribution in [0.4, 0.5) is 10.1 Å². The van der Waals surface area contributed by atoms with Crippen LogP contribution >= 0.6 is 0 Å². The van der Waals surface area contributed by atoms with Crippen LogP contribution in [0.2, 0.25) is 0 Å². The standard InChI is InChI=1S/C11H12FNO2/c1-2-6-13-10-5-3-4-9(12)8(10)7-11(14)15/h2-5,13H,1,6-7H2,(H,14,15). The molecule has 1 rings (SSSR count). The Hall–Kier alpha value is -1.84. The smallest absolute Gasteiger partial charge is 0.308 e. The highest BCUT2D eigenvalue weighted by Gasteiger charge is 2.11. The molecular formula is C11H12FNO2. The minimum Gasteiger partial charge on any atom is -0.481 e. The molecule has 15 heavy (non-hydrogen) atoms. The summed E-state index contributed by atoms with van der Waals surface area (Å²) in [6, 6.07) is 4.42. The molecule has 2 N–H and O–H groups in total. The highest BCUT2D eigenvalue weighted by Crippen LogP contribution is 2.19. The summed E-state index contributed by atoms with van der Waals surface area (Å²) in [4.78, 5) is 10.5. The number of rotatable bonds is 5. The molecule has 4 heteroatoms. The zero-order valence-electron chi connectivity index (χ0n) is 8.16. The Balaban J connectivity index is 2.96. The second-order valence-electron chi connectivity index (χ2n) is 3.01. The van der Waals surface area contributed by atoms with E-state index >= 15 is 0 Å². The van der Waals surface area contributed by atoms with Gasteiger partial charge < -0.3 is 10.4 Å². The summed E-state index contributed by atoms with van der Waals surface area (Å²) in [5.74, 6) is -1.56. The molecule has 0 saturated carbocycles. The normalized spacial score (nSPS) is 9.67. The second kappa shape index (κ2) is 5.14. The molecule has 1 aromatic carbocycles. The minimum absolute atomic E-state index is 0.173. The van der Waals surface area contributed by atoms with E-state index in [0.717, 1.165) is 0 Å². The molecule has 0 bridgehead atoms. The Labute approximate surface area is 87.2 Å². The van der Waals surface area contributed by atoms with Crippen molar-refractivity contribution in [1.29, 1.82) is 0 Å². The minimum atomic E-state index is -1.05. The van der Waals surface area contributed by atoms with E-state index in [4.69, 9.17) is 5.11 Å². The van der Waals surface area contributed by atoms with Crippen LogP contribution in [0.3, 0.4) is 0 Å². The molecule has 0 fully saturated rings. The second-order valence-corrected chi connectivity index (χ2v) is 3.01. The lowest BCUT2D eigenvalue weighted by atomic mass is 10.1. The molecule has 0 amide bonds. The van der Waals surface area contributed by atoms with Gasteiger partial charge in [0.15, 0.2) is 0 Å². The summed E-state index contributed by atoms with van der Waals surface area (Å²) in [7, 11) is 0. The van der Waals surface area contributed by atoms with E-state index in [1.54, 1.807) is 12.1 Å². The van der Waals surface area contributed by atoms with E-state index < -0.39 is 11.8 Å². The van der Waals surface area contributed by atoms with Gasteiger partial charge in [0.25, 0.3) is 0 Å². The van der Waals surface area contributed by atoms with Gasteiger partial charge >= 0.3 is 5.97 Å². The number of nitrogens with one attached hydrogen (secondary N) is 1. The number of carboxylic acid groups (broad SMARTS) is 1. The molecular weight excluding hydrogens is 197 g/mol. The average Bonchev–Trinajstić information content (AvgIpc) is 2.18. The number of halogens is 1. The van der Waals surface area contributed by atoms with Crippen molar-refractivity contribution < 1.29 is 14.3 Å². The van der Waals surface area contributed by atoms with Gasteiger partial charge in [0, 0.05) is 17.8 Å². The van der Waals surface area contributed by atoms with Gasteiger partial charge in [-0.3, -0.25) is 4.79 Å². The fraction of sp³-hybridized carbons (Fsp3) is 0.182. The SMILES string of the molecule is C=CCNc1cccc(F)c1CC(=O)O. The van der Waals surface area contributed by atoms with Gasteiger partial charge in [0.05, 0.1) is 6.42 Å². The molecule has 0 aliphatic rings. The molecule has 1 aromatic rings. The Bertz CT molecular complexity index is 377. The quantitative estimate of drug-likeness (QED) is 0.730. The van der Waals surface area contributed by atoms with E-state index in [2.05, 4.69) is 11.9 Å². The number of carbonyl (C=O) groups is 1. The van der Waals surface area contributed by atoms with Crippen LogP contribution in [0.15, 0.2) is 30.9 Å². The fourth-order valence-corrected chi connectivity index (χ4v) is 1.24. The highest BCUT2D eigenvalue weighted by molar-refractivity contribution is 5.73. The summed E-state index contributed by atoms with van der Waals surface area (Å²) < 4.78 is 13.3. The van der Waals surface area contributed by atoms with Crippen LogP contribution in [0.1, 0.15) is 5.56 Å². The number of benzene rings is 1. The van der Waals surface area contributed by atoms with Crippen molar-refractivity contribution in [1.82, 2.24) is 0 Å². The van der Waals surface area contributed by atoms with E-state index in [1.165, 1.54) is 12.1 Å². The van der Waals surface area contributed by atoms with Crippen LogP contribution < -0.4 is 5.32 Å². The molecule has 0 radical (unpaired) electrons. The summed E-state index contributed by atoms with van der Waals surface area (Å²) in [6.07, 6.45) is 1.29. The maximum atomic E-state index is 13.3. The third-order valence-corrected chi connectivity index (χ3v) is 1.88. The lowest BCUT2D eigenvalue weighted by Crippen LogP contribution is -2.08. The first-order valence-corrected chi connectivity index (χ1v) is 4.49. The zero-order chi connectivity index (χ0) is 11.3. The van der Waals surface area contributed by atoms with Gasteiger partial charge in [0.1, 0.15) is 5.82 Å². The van der Waals surface area contributed by atoms with E-state index in [-0.39, 0.29) is 12.0 Å². The van der Waals surface area contributed by atoms with Gasteiger partial charge in [0.2, 0.25) is 0 Å². The fourth-order valence-electron chi connectivity index (χ4n) is 1.24. The number of hydrogen-bond acceptors (Lipinski definition) is 2. The van der Waals surface area contributed by atoms with Crippen molar-refractivity contribution in [2.45, 2.75) is 6.42 Å². The molecule has 0 atom stereocenters. The summed E-state index contributed by atoms with van der Waals surface area (Å²) >= 11 is 0.